The fourth-order valence-corrected chi connectivity index (χ4v) is 4.10. The van der Waals surface area contributed by atoms with Crippen molar-refractivity contribution in [2.75, 3.05) is 13.1 Å². The van der Waals surface area contributed by atoms with Crippen molar-refractivity contribution in [3.8, 4) is 0 Å². The molecule has 3 heterocycles. The molecule has 0 spiro atoms. The first-order valence-corrected chi connectivity index (χ1v) is 9.49. The lowest BCUT2D eigenvalue weighted by atomic mass is 10.0. The second-order valence-corrected chi connectivity index (χ2v) is 7.39. The van der Waals surface area contributed by atoms with Gasteiger partial charge < -0.3 is 4.42 Å². The van der Waals surface area contributed by atoms with Gasteiger partial charge in [0.25, 0.3) is 0 Å². The van der Waals surface area contributed by atoms with E-state index in [9.17, 15) is 4.79 Å². The Labute approximate surface area is 157 Å². The van der Waals surface area contributed by atoms with Gasteiger partial charge in [-0.1, -0.05) is 11.6 Å². The van der Waals surface area contributed by atoms with Crippen LogP contribution in [0.4, 0.5) is 0 Å². The molecule has 3 aromatic rings. The number of nitrogens with zero attached hydrogens (tertiary/aromatic N) is 4. The van der Waals surface area contributed by atoms with E-state index in [1.54, 1.807) is 16.7 Å². The molecule has 0 amide bonds. The van der Waals surface area contributed by atoms with Gasteiger partial charge in [0.2, 0.25) is 0 Å². The highest BCUT2D eigenvalue weighted by Crippen LogP contribution is 2.27. The average molecular weight is 375 g/mol. The molecule has 26 heavy (non-hydrogen) atoms. The topological polar surface area (TPSA) is 56.2 Å². The molecule has 0 bridgehead atoms. The van der Waals surface area contributed by atoms with Crippen LogP contribution in [0, 0.1) is 6.92 Å². The van der Waals surface area contributed by atoms with E-state index in [1.807, 2.05) is 16.9 Å². The minimum Gasteiger partial charge on any atom is -0.408 e. The Morgan fingerprint density at radius 1 is 1.38 bits per heavy atom. The highest BCUT2D eigenvalue weighted by Gasteiger charge is 2.26. The molecular weight excluding hydrogens is 352 g/mol. The van der Waals surface area contributed by atoms with Gasteiger partial charge in [-0.15, -0.1) is 0 Å². The van der Waals surface area contributed by atoms with Gasteiger partial charge in [-0.2, -0.15) is 5.10 Å². The molecule has 0 unspecified atom stereocenters. The number of halogens is 1. The number of aromatic nitrogens is 3. The first-order valence-electron chi connectivity index (χ1n) is 9.11. The smallest absolute Gasteiger partial charge is 0.408 e. The maximum atomic E-state index is 12.4. The van der Waals surface area contributed by atoms with Crippen molar-refractivity contribution in [1.82, 2.24) is 19.2 Å². The molecule has 7 heteroatoms. The second kappa shape index (κ2) is 6.93. The monoisotopic (exact) mass is 374 g/mol. The normalized spacial score (nSPS) is 18.7. The SMILES string of the molecule is CCn1ncc(CN2CCC[C@@H](n3c(=O)oc4ccc(Cl)cc43)C2)c1C. The Morgan fingerprint density at radius 3 is 3.00 bits per heavy atom. The summed E-state index contributed by atoms with van der Waals surface area (Å²) in [4.78, 5) is 14.8. The van der Waals surface area contributed by atoms with E-state index >= 15 is 0 Å². The highest BCUT2D eigenvalue weighted by atomic mass is 35.5. The van der Waals surface area contributed by atoms with Gasteiger partial charge in [-0.3, -0.25) is 14.1 Å². The molecule has 2 aromatic heterocycles. The summed E-state index contributed by atoms with van der Waals surface area (Å²) in [6.45, 7) is 7.79. The van der Waals surface area contributed by atoms with E-state index in [2.05, 4.69) is 23.8 Å². The van der Waals surface area contributed by atoms with Crippen LogP contribution in [-0.2, 0) is 13.1 Å². The molecule has 1 aliphatic rings. The average Bonchev–Trinajstić information content (AvgIpc) is 3.14. The summed E-state index contributed by atoms with van der Waals surface area (Å²) in [5.74, 6) is -0.302. The molecule has 1 atom stereocenters. The maximum absolute atomic E-state index is 12.4. The molecular formula is C19H23ClN4O2. The summed E-state index contributed by atoms with van der Waals surface area (Å²) >= 11 is 6.13. The summed E-state index contributed by atoms with van der Waals surface area (Å²) in [5.41, 5.74) is 3.84. The summed E-state index contributed by atoms with van der Waals surface area (Å²) in [7, 11) is 0. The molecule has 1 saturated heterocycles. The minimum absolute atomic E-state index is 0.0949. The van der Waals surface area contributed by atoms with Crippen molar-refractivity contribution in [3.63, 3.8) is 0 Å². The van der Waals surface area contributed by atoms with Crippen molar-refractivity contribution >= 4 is 22.7 Å². The summed E-state index contributed by atoms with van der Waals surface area (Å²) < 4.78 is 9.21. The van der Waals surface area contributed by atoms with Gasteiger partial charge in [-0.05, 0) is 51.4 Å². The van der Waals surface area contributed by atoms with Gasteiger partial charge in [0, 0.05) is 35.9 Å². The Kier molecular flexibility index (Phi) is 4.63. The van der Waals surface area contributed by atoms with Gasteiger partial charge in [0.1, 0.15) is 0 Å². The van der Waals surface area contributed by atoms with Crippen LogP contribution >= 0.6 is 11.6 Å². The first-order chi connectivity index (χ1) is 12.6. The Bertz CT molecular complexity index is 987. The zero-order valence-electron chi connectivity index (χ0n) is 15.1. The van der Waals surface area contributed by atoms with Crippen LogP contribution in [0.5, 0.6) is 0 Å². The molecule has 1 aromatic carbocycles. The van der Waals surface area contributed by atoms with E-state index in [1.165, 1.54) is 11.3 Å². The van der Waals surface area contributed by atoms with Gasteiger partial charge >= 0.3 is 5.76 Å². The molecule has 1 aliphatic heterocycles. The number of oxazole rings is 1. The molecule has 4 rings (SSSR count). The van der Waals surface area contributed by atoms with Crippen molar-refractivity contribution in [2.45, 2.75) is 45.8 Å². The van der Waals surface area contributed by atoms with Crippen molar-refractivity contribution in [2.24, 2.45) is 0 Å². The zero-order valence-corrected chi connectivity index (χ0v) is 15.9. The quantitative estimate of drug-likeness (QED) is 0.700. The van der Waals surface area contributed by atoms with Crippen molar-refractivity contribution < 1.29 is 4.42 Å². The number of hydrogen-bond acceptors (Lipinski definition) is 4. The third-order valence-electron chi connectivity index (χ3n) is 5.32. The third kappa shape index (κ3) is 3.08. The summed E-state index contributed by atoms with van der Waals surface area (Å²) in [6, 6.07) is 5.42. The standard InChI is InChI=1S/C19H23ClN4O2/c1-3-23-13(2)14(10-21-23)11-22-8-4-5-16(12-22)24-17-9-15(20)6-7-18(17)26-19(24)25/h6-7,9-10,16H,3-5,8,11-12H2,1-2H3/t16-/m1/s1. The highest BCUT2D eigenvalue weighted by molar-refractivity contribution is 6.31. The number of fused-ring (bicyclic) bond motifs is 1. The Hall–Kier alpha value is -2.05. The van der Waals surface area contributed by atoms with E-state index < -0.39 is 0 Å². The first kappa shape index (κ1) is 17.4. The molecule has 0 saturated carbocycles. The van der Waals surface area contributed by atoms with Crippen LogP contribution in [0.2, 0.25) is 5.02 Å². The molecule has 1 fully saturated rings. The largest absolute Gasteiger partial charge is 0.420 e. The molecule has 138 valence electrons. The Morgan fingerprint density at radius 2 is 2.23 bits per heavy atom. The van der Waals surface area contributed by atoms with Gasteiger partial charge in [-0.25, -0.2) is 4.79 Å². The van der Waals surface area contributed by atoms with Crippen LogP contribution in [0.25, 0.3) is 11.1 Å². The molecule has 6 nitrogen and oxygen atoms in total. The fourth-order valence-electron chi connectivity index (χ4n) is 3.94. The number of hydrogen-bond donors (Lipinski definition) is 0. The van der Waals surface area contributed by atoms with Crippen molar-refractivity contribution in [3.05, 3.63) is 51.2 Å². The third-order valence-corrected chi connectivity index (χ3v) is 5.55. The molecule has 0 N–H and O–H groups in total. The minimum atomic E-state index is -0.302. The van der Waals surface area contributed by atoms with Crippen LogP contribution in [0.3, 0.4) is 0 Å². The second-order valence-electron chi connectivity index (χ2n) is 6.95. The van der Waals surface area contributed by atoms with Gasteiger partial charge in [0.15, 0.2) is 5.58 Å². The number of piperidine rings is 1. The fraction of sp³-hybridized carbons (Fsp3) is 0.474. The van der Waals surface area contributed by atoms with E-state index in [0.717, 1.165) is 44.5 Å². The summed E-state index contributed by atoms with van der Waals surface area (Å²) in [6.07, 6.45) is 3.97. The molecule has 0 aliphatic carbocycles. The number of rotatable bonds is 4. The zero-order chi connectivity index (χ0) is 18.3. The van der Waals surface area contributed by atoms with Crippen LogP contribution in [0.1, 0.15) is 37.1 Å². The number of aryl methyl sites for hydroxylation is 1. The van der Waals surface area contributed by atoms with Crippen LogP contribution in [-0.4, -0.2) is 32.3 Å². The van der Waals surface area contributed by atoms with Gasteiger partial charge in [0.05, 0.1) is 17.8 Å². The van der Waals surface area contributed by atoms with E-state index in [4.69, 9.17) is 16.0 Å². The van der Waals surface area contributed by atoms with E-state index in [-0.39, 0.29) is 11.8 Å². The van der Waals surface area contributed by atoms with Crippen LogP contribution < -0.4 is 5.76 Å². The predicted octanol–water partition coefficient (Wildman–Crippen LogP) is 3.61. The Balaban J connectivity index is 1.59. The van der Waals surface area contributed by atoms with E-state index in [0.29, 0.717) is 10.6 Å². The number of likely N-dealkylation sites (tertiary alicyclic amines) is 1. The lowest BCUT2D eigenvalue weighted by Crippen LogP contribution is -2.38. The lowest BCUT2D eigenvalue weighted by Gasteiger charge is -2.33. The maximum Gasteiger partial charge on any atom is 0.420 e. The molecule has 0 radical (unpaired) electrons. The number of benzene rings is 1. The predicted molar refractivity (Wildman–Crippen MR) is 102 cm³/mol. The lowest BCUT2D eigenvalue weighted by molar-refractivity contribution is 0.167. The van der Waals surface area contributed by atoms with Crippen LogP contribution in [0.15, 0.2) is 33.6 Å². The summed E-state index contributed by atoms with van der Waals surface area (Å²) in [5, 5.41) is 5.05. The van der Waals surface area contributed by atoms with Crippen molar-refractivity contribution in [1.29, 1.82) is 0 Å².